The third-order valence-electron chi connectivity index (χ3n) is 2.61. The highest BCUT2D eigenvalue weighted by molar-refractivity contribution is 5.36. The molecule has 16 heavy (non-hydrogen) atoms. The van der Waals surface area contributed by atoms with Gasteiger partial charge < -0.3 is 4.90 Å². The summed E-state index contributed by atoms with van der Waals surface area (Å²) in [6.07, 6.45) is 0.876. The molecule has 0 N–H and O–H groups in total. The highest BCUT2D eigenvalue weighted by Gasteiger charge is 2.32. The Bertz CT molecular complexity index is 341. The molecule has 0 unspecified atom stereocenters. The first kappa shape index (κ1) is 11.2. The van der Waals surface area contributed by atoms with Crippen LogP contribution in [0.4, 0.5) is 19.0 Å². The number of hydrogen-bond donors (Lipinski definition) is 0. The smallest absolute Gasteiger partial charge is 0.355 e. The van der Waals surface area contributed by atoms with Crippen molar-refractivity contribution in [3.05, 3.63) is 18.1 Å². The van der Waals surface area contributed by atoms with Crippen LogP contribution >= 0.6 is 0 Å². The van der Waals surface area contributed by atoms with E-state index in [4.69, 9.17) is 0 Å². The van der Waals surface area contributed by atoms with Gasteiger partial charge in [0.05, 0.1) is 12.4 Å². The Labute approximate surface area is 91.3 Å². The van der Waals surface area contributed by atoms with Gasteiger partial charge in [-0.05, 0) is 19.3 Å². The highest BCUT2D eigenvalue weighted by Crippen LogP contribution is 2.27. The van der Waals surface area contributed by atoms with Gasteiger partial charge in [0.1, 0.15) is 5.82 Å². The summed E-state index contributed by atoms with van der Waals surface area (Å²) in [5.41, 5.74) is -0.937. The van der Waals surface area contributed by atoms with Gasteiger partial charge in [0.15, 0.2) is 5.69 Å². The lowest BCUT2D eigenvalue weighted by Gasteiger charge is -2.27. The number of nitrogens with zero attached hydrogens (tertiary/aromatic N) is 3. The van der Waals surface area contributed by atoms with Gasteiger partial charge >= 0.3 is 6.18 Å². The van der Waals surface area contributed by atoms with E-state index in [2.05, 4.69) is 9.97 Å². The molecule has 1 aliphatic rings. The summed E-state index contributed by atoms with van der Waals surface area (Å²) in [7, 11) is 0. The maximum Gasteiger partial charge on any atom is 0.434 e. The van der Waals surface area contributed by atoms with Crippen LogP contribution in [-0.4, -0.2) is 23.1 Å². The first-order valence-corrected chi connectivity index (χ1v) is 5.21. The summed E-state index contributed by atoms with van der Waals surface area (Å²) in [5, 5.41) is 0. The van der Waals surface area contributed by atoms with Gasteiger partial charge in [-0.1, -0.05) is 0 Å². The first-order chi connectivity index (χ1) is 7.57. The molecule has 0 radical (unpaired) electrons. The van der Waals surface area contributed by atoms with E-state index in [0.29, 0.717) is 5.82 Å². The van der Waals surface area contributed by atoms with E-state index in [1.165, 1.54) is 12.6 Å². The minimum absolute atomic E-state index is 0.535. The molecule has 0 aliphatic carbocycles. The summed E-state index contributed by atoms with van der Waals surface area (Å²) >= 11 is 0. The molecule has 2 rings (SSSR count). The fourth-order valence-corrected chi connectivity index (χ4v) is 1.75. The monoisotopic (exact) mass is 231 g/mol. The van der Waals surface area contributed by atoms with Crippen molar-refractivity contribution in [2.45, 2.75) is 25.4 Å². The van der Waals surface area contributed by atoms with E-state index in [1.807, 2.05) is 4.90 Å². The molecule has 6 heteroatoms. The number of rotatable bonds is 1. The summed E-state index contributed by atoms with van der Waals surface area (Å²) in [5.74, 6) is 0.535. The van der Waals surface area contributed by atoms with Crippen molar-refractivity contribution in [1.82, 2.24) is 9.97 Å². The molecule has 0 amide bonds. The predicted octanol–water partition coefficient (Wildman–Crippen LogP) is 2.49. The molecule has 0 spiro atoms. The minimum Gasteiger partial charge on any atom is -0.355 e. The second kappa shape index (κ2) is 4.27. The number of anilines is 1. The lowest BCUT2D eigenvalue weighted by Crippen LogP contribution is -2.30. The topological polar surface area (TPSA) is 29.0 Å². The van der Waals surface area contributed by atoms with Crippen molar-refractivity contribution >= 4 is 5.82 Å². The Balaban J connectivity index is 2.12. The zero-order chi connectivity index (χ0) is 11.6. The maximum absolute atomic E-state index is 12.2. The number of hydrogen-bond acceptors (Lipinski definition) is 3. The summed E-state index contributed by atoms with van der Waals surface area (Å²) in [4.78, 5) is 9.18. The molecule has 3 nitrogen and oxygen atoms in total. The molecule has 1 aromatic heterocycles. The molecule has 0 saturated carbocycles. The highest BCUT2D eigenvalue weighted by atomic mass is 19.4. The van der Waals surface area contributed by atoms with Crippen LogP contribution in [0, 0.1) is 0 Å². The molecule has 1 aromatic rings. The zero-order valence-corrected chi connectivity index (χ0v) is 8.67. The minimum atomic E-state index is -4.41. The Morgan fingerprint density at radius 2 is 1.69 bits per heavy atom. The largest absolute Gasteiger partial charge is 0.434 e. The second-order valence-corrected chi connectivity index (χ2v) is 3.81. The molecule has 88 valence electrons. The van der Waals surface area contributed by atoms with Gasteiger partial charge in [-0.2, -0.15) is 13.2 Å². The van der Waals surface area contributed by atoms with E-state index < -0.39 is 11.9 Å². The van der Waals surface area contributed by atoms with Gasteiger partial charge in [-0.25, -0.2) is 9.97 Å². The Morgan fingerprint density at radius 1 is 1.00 bits per heavy atom. The average molecular weight is 231 g/mol. The fourth-order valence-electron chi connectivity index (χ4n) is 1.75. The van der Waals surface area contributed by atoms with Crippen LogP contribution < -0.4 is 4.90 Å². The lowest BCUT2D eigenvalue weighted by molar-refractivity contribution is -0.141. The van der Waals surface area contributed by atoms with Crippen LogP contribution in [-0.2, 0) is 6.18 Å². The van der Waals surface area contributed by atoms with Crippen LogP contribution in [0.15, 0.2) is 12.4 Å². The van der Waals surface area contributed by atoms with E-state index in [0.717, 1.165) is 32.1 Å². The second-order valence-electron chi connectivity index (χ2n) is 3.81. The number of piperidine rings is 1. The SMILES string of the molecule is FC(F)(F)c1cnc(N2CCCCC2)cn1. The number of alkyl halides is 3. The van der Waals surface area contributed by atoms with Crippen molar-refractivity contribution in [3.8, 4) is 0 Å². The van der Waals surface area contributed by atoms with Crippen LogP contribution in [0.5, 0.6) is 0 Å². The third-order valence-corrected chi connectivity index (χ3v) is 2.61. The Kier molecular flexibility index (Phi) is 2.98. The van der Waals surface area contributed by atoms with E-state index in [-0.39, 0.29) is 0 Å². The summed E-state index contributed by atoms with van der Waals surface area (Å²) < 4.78 is 36.7. The molecule has 1 saturated heterocycles. The molecule has 0 bridgehead atoms. The normalized spacial score (nSPS) is 17.6. The van der Waals surface area contributed by atoms with Crippen LogP contribution in [0.25, 0.3) is 0 Å². The van der Waals surface area contributed by atoms with Crippen molar-refractivity contribution in [2.24, 2.45) is 0 Å². The van der Waals surface area contributed by atoms with Gasteiger partial charge in [0.2, 0.25) is 0 Å². The van der Waals surface area contributed by atoms with E-state index in [1.54, 1.807) is 0 Å². The van der Waals surface area contributed by atoms with Gasteiger partial charge in [0, 0.05) is 13.1 Å². The molecule has 1 fully saturated rings. The van der Waals surface area contributed by atoms with Gasteiger partial charge in [-0.15, -0.1) is 0 Å². The lowest BCUT2D eigenvalue weighted by atomic mass is 10.1. The summed E-state index contributed by atoms with van der Waals surface area (Å²) in [6.45, 7) is 1.69. The Morgan fingerprint density at radius 3 is 2.19 bits per heavy atom. The van der Waals surface area contributed by atoms with Gasteiger partial charge in [0.25, 0.3) is 0 Å². The molecular formula is C10H12F3N3. The van der Waals surface area contributed by atoms with Crippen LogP contribution in [0.2, 0.25) is 0 Å². The predicted molar refractivity (Wildman–Crippen MR) is 53.1 cm³/mol. The molecule has 2 heterocycles. The first-order valence-electron chi connectivity index (χ1n) is 5.21. The average Bonchev–Trinajstić information content (AvgIpc) is 2.29. The van der Waals surface area contributed by atoms with Crippen molar-refractivity contribution in [2.75, 3.05) is 18.0 Å². The van der Waals surface area contributed by atoms with Crippen LogP contribution in [0.3, 0.4) is 0 Å². The van der Waals surface area contributed by atoms with Crippen molar-refractivity contribution in [3.63, 3.8) is 0 Å². The van der Waals surface area contributed by atoms with E-state index in [9.17, 15) is 13.2 Å². The van der Waals surface area contributed by atoms with Crippen molar-refractivity contribution in [1.29, 1.82) is 0 Å². The molecule has 1 aliphatic heterocycles. The summed E-state index contributed by atoms with van der Waals surface area (Å²) in [6, 6.07) is 0. The van der Waals surface area contributed by atoms with Crippen LogP contribution in [0.1, 0.15) is 25.0 Å². The zero-order valence-electron chi connectivity index (χ0n) is 8.67. The van der Waals surface area contributed by atoms with Crippen molar-refractivity contribution < 1.29 is 13.2 Å². The number of aromatic nitrogens is 2. The van der Waals surface area contributed by atoms with E-state index >= 15 is 0 Å². The Hall–Kier alpha value is -1.33. The molecule has 0 atom stereocenters. The quantitative estimate of drug-likeness (QED) is 0.743. The fraction of sp³-hybridized carbons (Fsp3) is 0.600. The third kappa shape index (κ3) is 2.43. The molecular weight excluding hydrogens is 219 g/mol. The standard InChI is InChI=1S/C10H12F3N3/c11-10(12,13)8-6-15-9(7-14-8)16-4-2-1-3-5-16/h6-7H,1-5H2. The number of halogens is 3. The van der Waals surface area contributed by atoms with Gasteiger partial charge in [-0.3, -0.25) is 0 Å². The molecule has 0 aromatic carbocycles. The maximum atomic E-state index is 12.2.